The average molecular weight is 356 g/mol. The number of nitrogens with zero attached hydrogens (tertiary/aromatic N) is 4. The maximum Gasteiger partial charge on any atom is 0.0944 e. The second kappa shape index (κ2) is 7.31. The average Bonchev–Trinajstić information content (AvgIpc) is 3.22. The van der Waals surface area contributed by atoms with Gasteiger partial charge in [-0.3, -0.25) is 4.98 Å². The van der Waals surface area contributed by atoms with Gasteiger partial charge in [0, 0.05) is 23.3 Å². The van der Waals surface area contributed by atoms with Crippen LogP contribution in [-0.2, 0) is 19.3 Å². The molecule has 0 atom stereocenters. The first-order valence-electron chi connectivity index (χ1n) is 9.65. The molecule has 0 aliphatic carbocycles. The fourth-order valence-electron chi connectivity index (χ4n) is 3.85. The number of hydrogen-bond donors (Lipinski definition) is 0. The lowest BCUT2D eigenvalue weighted by Crippen LogP contribution is -2.05. The molecule has 0 aliphatic heterocycles. The van der Waals surface area contributed by atoms with Crippen molar-refractivity contribution in [1.29, 1.82) is 0 Å². The van der Waals surface area contributed by atoms with Crippen LogP contribution in [0.3, 0.4) is 0 Å². The van der Waals surface area contributed by atoms with Crippen LogP contribution in [0.15, 0.2) is 55.0 Å². The van der Waals surface area contributed by atoms with Crippen LogP contribution in [0.1, 0.15) is 37.5 Å². The molecule has 0 amide bonds. The minimum absolute atomic E-state index is 0.995. The summed E-state index contributed by atoms with van der Waals surface area (Å²) in [6, 6.07) is 13.0. The monoisotopic (exact) mass is 356 g/mol. The van der Waals surface area contributed by atoms with Gasteiger partial charge < -0.3 is 0 Å². The van der Waals surface area contributed by atoms with E-state index in [0.29, 0.717) is 0 Å². The molecule has 136 valence electrons. The molecule has 4 nitrogen and oxygen atoms in total. The number of aromatic nitrogens is 4. The Balaban J connectivity index is 1.86. The van der Waals surface area contributed by atoms with Crippen molar-refractivity contribution in [1.82, 2.24) is 20.0 Å². The molecule has 0 spiro atoms. The number of aryl methyl sites for hydroxylation is 2. The Labute approximate surface area is 159 Å². The summed E-state index contributed by atoms with van der Waals surface area (Å²) in [5.41, 5.74) is 7.44. The number of hydrogen-bond acceptors (Lipinski definition) is 3. The van der Waals surface area contributed by atoms with Gasteiger partial charge in [0.05, 0.1) is 17.6 Å². The first-order valence-corrected chi connectivity index (χ1v) is 9.65. The Morgan fingerprint density at radius 1 is 0.815 bits per heavy atom. The molecule has 0 aliphatic rings. The molecular formula is C23H24N4. The summed E-state index contributed by atoms with van der Waals surface area (Å²) < 4.78 is 1.95. The highest BCUT2D eigenvalue weighted by molar-refractivity contribution is 5.86. The van der Waals surface area contributed by atoms with Gasteiger partial charge in [0.1, 0.15) is 0 Å². The van der Waals surface area contributed by atoms with Crippen LogP contribution >= 0.6 is 0 Å². The number of pyridine rings is 1. The van der Waals surface area contributed by atoms with E-state index in [1.165, 1.54) is 22.1 Å². The van der Waals surface area contributed by atoms with Gasteiger partial charge in [-0.2, -0.15) is 0 Å². The van der Waals surface area contributed by atoms with E-state index in [4.69, 9.17) is 0 Å². The lowest BCUT2D eigenvalue weighted by Gasteiger charge is -2.15. The third-order valence-corrected chi connectivity index (χ3v) is 5.27. The van der Waals surface area contributed by atoms with Crippen molar-refractivity contribution in [2.24, 2.45) is 0 Å². The Bertz CT molecular complexity index is 1070. The Morgan fingerprint density at radius 3 is 2.30 bits per heavy atom. The summed E-state index contributed by atoms with van der Waals surface area (Å²) in [4.78, 5) is 4.24. The summed E-state index contributed by atoms with van der Waals surface area (Å²) >= 11 is 0. The standard InChI is InChI=1S/C23H24N4/c1-4-16-12-21(13-17(5-2)22(16)6-3)27-23(15-25-26-27)19-8-7-18-9-10-24-14-20(18)11-19/h7-15H,4-6H2,1-3H3. The van der Waals surface area contributed by atoms with E-state index >= 15 is 0 Å². The van der Waals surface area contributed by atoms with Crippen LogP contribution in [0, 0.1) is 0 Å². The molecule has 0 saturated carbocycles. The lowest BCUT2D eigenvalue weighted by molar-refractivity contribution is 0.802. The molecule has 0 N–H and O–H groups in total. The third kappa shape index (κ3) is 3.12. The first-order chi connectivity index (χ1) is 13.2. The maximum atomic E-state index is 4.40. The van der Waals surface area contributed by atoms with Gasteiger partial charge in [-0.15, -0.1) is 5.10 Å². The van der Waals surface area contributed by atoms with Crippen molar-refractivity contribution in [2.45, 2.75) is 40.0 Å². The Kier molecular flexibility index (Phi) is 4.71. The zero-order valence-corrected chi connectivity index (χ0v) is 16.1. The first kappa shape index (κ1) is 17.4. The molecule has 0 unspecified atom stereocenters. The van der Waals surface area contributed by atoms with E-state index in [9.17, 15) is 0 Å². The zero-order chi connectivity index (χ0) is 18.8. The van der Waals surface area contributed by atoms with E-state index in [2.05, 4.69) is 66.4 Å². The highest BCUT2D eigenvalue weighted by atomic mass is 15.4. The molecule has 2 aromatic heterocycles. The Morgan fingerprint density at radius 2 is 1.59 bits per heavy atom. The minimum Gasteiger partial charge on any atom is -0.264 e. The highest BCUT2D eigenvalue weighted by Crippen LogP contribution is 2.28. The van der Waals surface area contributed by atoms with E-state index in [-0.39, 0.29) is 0 Å². The molecule has 4 aromatic rings. The molecule has 2 heterocycles. The van der Waals surface area contributed by atoms with Crippen molar-refractivity contribution in [2.75, 3.05) is 0 Å². The number of benzene rings is 2. The van der Waals surface area contributed by atoms with Crippen molar-refractivity contribution in [3.05, 3.63) is 71.7 Å². The van der Waals surface area contributed by atoms with Crippen LogP contribution in [0.2, 0.25) is 0 Å². The van der Waals surface area contributed by atoms with Gasteiger partial charge in [-0.25, -0.2) is 4.68 Å². The van der Waals surface area contributed by atoms with Crippen molar-refractivity contribution < 1.29 is 0 Å². The van der Waals surface area contributed by atoms with E-state index in [0.717, 1.165) is 41.6 Å². The summed E-state index contributed by atoms with van der Waals surface area (Å²) in [6.45, 7) is 6.67. The molecule has 0 bridgehead atoms. The maximum absolute atomic E-state index is 4.40. The molecule has 0 radical (unpaired) electrons. The summed E-state index contributed by atoms with van der Waals surface area (Å²) in [5, 5.41) is 10.9. The van der Waals surface area contributed by atoms with E-state index in [1.54, 1.807) is 0 Å². The molecule has 0 saturated heterocycles. The quantitative estimate of drug-likeness (QED) is 0.495. The minimum atomic E-state index is 0.995. The smallest absolute Gasteiger partial charge is 0.0944 e. The van der Waals surface area contributed by atoms with Gasteiger partial charge in [-0.05, 0) is 65.6 Å². The topological polar surface area (TPSA) is 43.6 Å². The molecule has 27 heavy (non-hydrogen) atoms. The van der Waals surface area contributed by atoms with Crippen LogP contribution in [0.4, 0.5) is 0 Å². The van der Waals surface area contributed by atoms with Gasteiger partial charge >= 0.3 is 0 Å². The summed E-state index contributed by atoms with van der Waals surface area (Å²) in [7, 11) is 0. The van der Waals surface area contributed by atoms with Gasteiger partial charge in [0.25, 0.3) is 0 Å². The normalized spacial score (nSPS) is 11.2. The van der Waals surface area contributed by atoms with Gasteiger partial charge in [0.15, 0.2) is 0 Å². The zero-order valence-electron chi connectivity index (χ0n) is 16.1. The second-order valence-corrected chi connectivity index (χ2v) is 6.77. The summed E-state index contributed by atoms with van der Waals surface area (Å²) in [6.07, 6.45) is 8.66. The van der Waals surface area contributed by atoms with Crippen molar-refractivity contribution >= 4 is 10.8 Å². The summed E-state index contributed by atoms with van der Waals surface area (Å²) in [5.74, 6) is 0. The van der Waals surface area contributed by atoms with Crippen LogP contribution in [-0.4, -0.2) is 20.0 Å². The van der Waals surface area contributed by atoms with Crippen LogP contribution in [0.25, 0.3) is 27.7 Å². The van der Waals surface area contributed by atoms with Crippen molar-refractivity contribution in [3.8, 4) is 16.9 Å². The third-order valence-electron chi connectivity index (χ3n) is 5.27. The largest absolute Gasteiger partial charge is 0.264 e. The molecule has 2 aromatic carbocycles. The SMILES string of the molecule is CCc1cc(-n2nncc2-c2ccc3ccncc3c2)cc(CC)c1CC. The van der Waals surface area contributed by atoms with Gasteiger partial charge in [-0.1, -0.05) is 38.1 Å². The second-order valence-electron chi connectivity index (χ2n) is 6.77. The van der Waals surface area contributed by atoms with E-state index in [1.807, 2.05) is 29.3 Å². The van der Waals surface area contributed by atoms with Crippen LogP contribution < -0.4 is 0 Å². The molecule has 4 rings (SSSR count). The molecular weight excluding hydrogens is 332 g/mol. The predicted octanol–water partition coefficient (Wildman–Crippen LogP) is 5.17. The fourth-order valence-corrected chi connectivity index (χ4v) is 3.85. The lowest BCUT2D eigenvalue weighted by atomic mass is 9.94. The predicted molar refractivity (Wildman–Crippen MR) is 110 cm³/mol. The fraction of sp³-hybridized carbons (Fsp3) is 0.261. The van der Waals surface area contributed by atoms with Crippen LogP contribution in [0.5, 0.6) is 0 Å². The molecule has 0 fully saturated rings. The van der Waals surface area contributed by atoms with E-state index < -0.39 is 0 Å². The number of rotatable bonds is 5. The Hall–Kier alpha value is -3.01. The van der Waals surface area contributed by atoms with Crippen molar-refractivity contribution in [3.63, 3.8) is 0 Å². The molecule has 4 heteroatoms. The number of fused-ring (bicyclic) bond motifs is 1. The van der Waals surface area contributed by atoms with Gasteiger partial charge in [0.2, 0.25) is 0 Å². The highest BCUT2D eigenvalue weighted by Gasteiger charge is 2.13.